The van der Waals surface area contributed by atoms with Crippen molar-refractivity contribution in [1.29, 1.82) is 0 Å². The van der Waals surface area contributed by atoms with Crippen molar-refractivity contribution in [2.24, 2.45) is 5.92 Å². The van der Waals surface area contributed by atoms with Gasteiger partial charge in [-0.15, -0.1) is 0 Å². The number of rotatable bonds is 3. The van der Waals surface area contributed by atoms with Crippen LogP contribution in [0, 0.1) is 11.7 Å². The summed E-state index contributed by atoms with van der Waals surface area (Å²) < 4.78 is 13.1. The number of para-hydroxylation sites is 1. The van der Waals surface area contributed by atoms with Crippen LogP contribution in [0.2, 0.25) is 0 Å². The van der Waals surface area contributed by atoms with Crippen molar-refractivity contribution in [3.8, 4) is 0 Å². The van der Waals surface area contributed by atoms with Crippen molar-refractivity contribution < 1.29 is 14.0 Å². The molecule has 5 rings (SSSR count). The molecule has 0 bridgehead atoms. The molecule has 1 saturated carbocycles. The van der Waals surface area contributed by atoms with Gasteiger partial charge in [0.2, 0.25) is 5.91 Å². The molecule has 1 N–H and O–H groups in total. The van der Waals surface area contributed by atoms with E-state index < -0.39 is 0 Å². The molecule has 2 fully saturated rings. The molecule has 3 aromatic rings. The molecular weight excluding hydrogens is 369 g/mol. The van der Waals surface area contributed by atoms with Gasteiger partial charge in [-0.25, -0.2) is 4.39 Å². The van der Waals surface area contributed by atoms with Crippen LogP contribution in [0.1, 0.15) is 28.4 Å². The average molecular weight is 391 g/mol. The second-order valence-corrected chi connectivity index (χ2v) is 7.89. The maximum absolute atomic E-state index is 13.1. The lowest BCUT2D eigenvalue weighted by Gasteiger charge is -2.34. The van der Waals surface area contributed by atoms with Crippen molar-refractivity contribution in [3.05, 3.63) is 71.7 Å². The van der Waals surface area contributed by atoms with E-state index in [0.29, 0.717) is 31.9 Å². The van der Waals surface area contributed by atoms with Crippen LogP contribution in [-0.2, 0) is 4.79 Å². The summed E-state index contributed by atoms with van der Waals surface area (Å²) in [7, 11) is 0. The molecule has 29 heavy (non-hydrogen) atoms. The van der Waals surface area contributed by atoms with Crippen molar-refractivity contribution in [2.45, 2.75) is 12.3 Å². The third kappa shape index (κ3) is 3.39. The third-order valence-corrected chi connectivity index (χ3v) is 6.04. The first-order valence-corrected chi connectivity index (χ1v) is 10.0. The Balaban J connectivity index is 1.19. The Hall–Kier alpha value is -3.15. The summed E-state index contributed by atoms with van der Waals surface area (Å²) in [6.45, 7) is 2.18. The molecular formula is C23H22FN3O2. The normalized spacial score (nSPS) is 21.4. The summed E-state index contributed by atoms with van der Waals surface area (Å²) in [5.41, 5.74) is 2.56. The van der Waals surface area contributed by atoms with E-state index in [1.807, 2.05) is 35.2 Å². The Morgan fingerprint density at radius 3 is 2.34 bits per heavy atom. The first-order valence-electron chi connectivity index (χ1n) is 10.0. The van der Waals surface area contributed by atoms with E-state index in [-0.39, 0.29) is 29.5 Å². The molecule has 6 heteroatoms. The molecule has 2 aromatic carbocycles. The first kappa shape index (κ1) is 17.9. The van der Waals surface area contributed by atoms with Crippen molar-refractivity contribution in [1.82, 2.24) is 14.8 Å². The highest BCUT2D eigenvalue weighted by molar-refractivity contribution is 5.98. The molecule has 0 spiro atoms. The summed E-state index contributed by atoms with van der Waals surface area (Å²) >= 11 is 0. The molecule has 2 amide bonds. The fraction of sp³-hybridized carbons (Fsp3) is 0.304. The molecule has 1 aliphatic carbocycles. The minimum atomic E-state index is -0.256. The number of nitrogens with one attached hydrogen (secondary N) is 1. The van der Waals surface area contributed by atoms with E-state index >= 15 is 0 Å². The number of aromatic amines is 1. The van der Waals surface area contributed by atoms with Gasteiger partial charge in [-0.05, 0) is 42.2 Å². The predicted molar refractivity (Wildman–Crippen MR) is 108 cm³/mol. The number of fused-ring (bicyclic) bond motifs is 1. The molecule has 148 valence electrons. The lowest BCUT2D eigenvalue weighted by molar-refractivity contribution is -0.134. The van der Waals surface area contributed by atoms with Gasteiger partial charge in [-0.3, -0.25) is 9.59 Å². The summed E-state index contributed by atoms with van der Waals surface area (Å²) in [6.07, 6.45) is 0.818. The van der Waals surface area contributed by atoms with Crippen molar-refractivity contribution in [3.63, 3.8) is 0 Å². The van der Waals surface area contributed by atoms with E-state index in [4.69, 9.17) is 0 Å². The Labute approximate surface area is 168 Å². The fourth-order valence-corrected chi connectivity index (χ4v) is 4.27. The van der Waals surface area contributed by atoms with Gasteiger partial charge in [-0.2, -0.15) is 0 Å². The van der Waals surface area contributed by atoms with Crippen LogP contribution >= 0.6 is 0 Å². The van der Waals surface area contributed by atoms with Crippen molar-refractivity contribution >= 4 is 22.7 Å². The number of aromatic nitrogens is 1. The second-order valence-electron chi connectivity index (χ2n) is 7.89. The van der Waals surface area contributed by atoms with Crippen LogP contribution in [0.3, 0.4) is 0 Å². The van der Waals surface area contributed by atoms with E-state index in [2.05, 4.69) is 4.98 Å². The number of halogens is 1. The molecule has 2 atom stereocenters. The monoisotopic (exact) mass is 391 g/mol. The Morgan fingerprint density at radius 1 is 0.931 bits per heavy atom. The highest BCUT2D eigenvalue weighted by atomic mass is 19.1. The fourth-order valence-electron chi connectivity index (χ4n) is 4.27. The Kier molecular flexibility index (Phi) is 4.34. The van der Waals surface area contributed by atoms with Gasteiger partial charge in [0, 0.05) is 43.0 Å². The number of amides is 2. The quantitative estimate of drug-likeness (QED) is 0.744. The highest BCUT2D eigenvalue weighted by Crippen LogP contribution is 2.48. The van der Waals surface area contributed by atoms with Gasteiger partial charge in [0.15, 0.2) is 0 Å². The van der Waals surface area contributed by atoms with E-state index in [0.717, 1.165) is 22.9 Å². The SMILES string of the molecule is O=C(c1cc2ccccc2[nH]1)N1CCN(C(=O)C2CC2c2ccc(F)cc2)CC1. The molecule has 1 aliphatic heterocycles. The highest BCUT2D eigenvalue weighted by Gasteiger charge is 2.46. The number of benzene rings is 2. The van der Waals surface area contributed by atoms with Gasteiger partial charge >= 0.3 is 0 Å². The first-order chi connectivity index (χ1) is 14.1. The lowest BCUT2D eigenvalue weighted by atomic mass is 10.1. The number of carbonyl (C=O) groups is 2. The van der Waals surface area contributed by atoms with Crippen LogP contribution < -0.4 is 0 Å². The van der Waals surface area contributed by atoms with E-state index in [1.54, 1.807) is 17.0 Å². The summed E-state index contributed by atoms with van der Waals surface area (Å²) in [4.78, 5) is 32.5. The molecule has 1 aromatic heterocycles. The zero-order valence-electron chi connectivity index (χ0n) is 16.0. The predicted octanol–water partition coefficient (Wildman–Crippen LogP) is 3.40. The minimum Gasteiger partial charge on any atom is -0.351 e. The lowest BCUT2D eigenvalue weighted by Crippen LogP contribution is -2.51. The van der Waals surface area contributed by atoms with Crippen molar-refractivity contribution in [2.75, 3.05) is 26.2 Å². The zero-order chi connectivity index (χ0) is 20.0. The number of nitrogens with zero attached hydrogens (tertiary/aromatic N) is 2. The van der Waals surface area contributed by atoms with Crippen LogP contribution in [0.4, 0.5) is 4.39 Å². The van der Waals surface area contributed by atoms with Crippen LogP contribution in [0.15, 0.2) is 54.6 Å². The smallest absolute Gasteiger partial charge is 0.270 e. The summed E-state index contributed by atoms with van der Waals surface area (Å²) in [5, 5.41) is 1.02. The van der Waals surface area contributed by atoms with E-state index in [9.17, 15) is 14.0 Å². The number of hydrogen-bond donors (Lipinski definition) is 1. The topological polar surface area (TPSA) is 56.4 Å². The second kappa shape index (κ2) is 7.03. The Bertz CT molecular complexity index is 1030. The molecule has 0 radical (unpaired) electrons. The van der Waals surface area contributed by atoms with Crippen LogP contribution in [0.25, 0.3) is 10.9 Å². The van der Waals surface area contributed by atoms with Crippen LogP contribution in [0.5, 0.6) is 0 Å². The molecule has 2 aliphatic rings. The molecule has 1 saturated heterocycles. The number of carbonyl (C=O) groups excluding carboxylic acids is 2. The van der Waals surface area contributed by atoms with E-state index in [1.165, 1.54) is 12.1 Å². The van der Waals surface area contributed by atoms with Gasteiger partial charge in [-0.1, -0.05) is 30.3 Å². The zero-order valence-corrected chi connectivity index (χ0v) is 16.0. The molecule has 5 nitrogen and oxygen atoms in total. The standard InChI is InChI=1S/C23H22FN3O2/c24-17-7-5-15(6-8-17)18-14-19(18)22(28)26-9-11-27(12-10-26)23(29)21-13-16-3-1-2-4-20(16)25-21/h1-8,13,18-19,25H,9-12,14H2. The molecule has 2 unspecified atom stereocenters. The van der Waals surface area contributed by atoms with Gasteiger partial charge < -0.3 is 14.8 Å². The number of H-pyrrole nitrogens is 1. The van der Waals surface area contributed by atoms with Gasteiger partial charge in [0.25, 0.3) is 5.91 Å². The third-order valence-electron chi connectivity index (χ3n) is 6.04. The number of piperazine rings is 1. The average Bonchev–Trinajstić information content (AvgIpc) is 3.43. The largest absolute Gasteiger partial charge is 0.351 e. The van der Waals surface area contributed by atoms with Gasteiger partial charge in [0.1, 0.15) is 11.5 Å². The summed E-state index contributed by atoms with van der Waals surface area (Å²) in [6, 6.07) is 16.1. The summed E-state index contributed by atoms with van der Waals surface area (Å²) in [5.74, 6) is 0.0412. The Morgan fingerprint density at radius 2 is 1.62 bits per heavy atom. The number of hydrogen-bond acceptors (Lipinski definition) is 2. The maximum atomic E-state index is 13.1. The minimum absolute atomic E-state index is 0.0172. The van der Waals surface area contributed by atoms with Gasteiger partial charge in [0.05, 0.1) is 0 Å². The maximum Gasteiger partial charge on any atom is 0.270 e. The molecule has 2 heterocycles. The van der Waals surface area contributed by atoms with Crippen LogP contribution in [-0.4, -0.2) is 52.8 Å².